The van der Waals surface area contributed by atoms with Gasteiger partial charge in [-0.15, -0.1) is 0 Å². The quantitative estimate of drug-likeness (QED) is 0.609. The second kappa shape index (κ2) is 6.47. The van der Waals surface area contributed by atoms with Crippen LogP contribution >= 0.6 is 24.0 Å². The average molecular weight is 260 g/mol. The molecule has 0 aliphatic rings. The number of pyridine rings is 2. The first-order valence-corrected chi connectivity index (χ1v) is 6.65. The topological polar surface area (TPSA) is 25.8 Å². The lowest BCUT2D eigenvalue weighted by atomic mass is 10.1. The van der Waals surface area contributed by atoms with E-state index in [0.717, 1.165) is 11.4 Å². The van der Waals surface area contributed by atoms with E-state index < -0.39 is 0 Å². The average Bonchev–Trinajstić information content (AvgIpc) is 2.40. The minimum atomic E-state index is 0.266. The third-order valence-electron chi connectivity index (χ3n) is 2.25. The van der Waals surface area contributed by atoms with E-state index in [1.165, 1.54) is 5.56 Å². The van der Waals surface area contributed by atoms with E-state index in [2.05, 4.69) is 9.97 Å². The summed E-state index contributed by atoms with van der Waals surface area (Å²) in [5, 5.41) is 3.08. The fourth-order valence-electron chi connectivity index (χ4n) is 1.44. The highest BCUT2D eigenvalue weighted by Gasteiger charge is 2.08. The molecule has 2 heterocycles. The van der Waals surface area contributed by atoms with Gasteiger partial charge in [-0.05, 0) is 41.6 Å². The normalized spacial score (nSPS) is 12.0. The molecule has 0 amide bonds. The molecule has 4 heteroatoms. The summed E-state index contributed by atoms with van der Waals surface area (Å²) in [5.41, 5.74) is 1.24. The van der Waals surface area contributed by atoms with Crippen molar-refractivity contribution in [1.29, 1.82) is 0 Å². The summed E-state index contributed by atoms with van der Waals surface area (Å²) in [7, 11) is 0. The van der Waals surface area contributed by atoms with Crippen molar-refractivity contribution in [2.75, 3.05) is 0 Å². The number of hydrogen-bond donors (Lipinski definition) is 0. The van der Waals surface area contributed by atoms with Crippen molar-refractivity contribution in [1.82, 2.24) is 9.97 Å². The largest absolute Gasteiger partial charge is 0.265 e. The van der Waals surface area contributed by atoms with Crippen LogP contribution < -0.4 is 0 Å². The molecule has 0 aliphatic heterocycles. The molecule has 0 N–H and O–H groups in total. The van der Waals surface area contributed by atoms with Crippen LogP contribution in [-0.2, 0) is 6.42 Å². The van der Waals surface area contributed by atoms with E-state index in [1.807, 2.05) is 30.3 Å². The number of rotatable bonds is 5. The summed E-state index contributed by atoms with van der Waals surface area (Å²) in [4.78, 5) is 8.30. The molecule has 2 nitrogen and oxygen atoms in total. The number of hydrogen-bond acceptors (Lipinski definition) is 4. The maximum atomic E-state index is 5.08. The minimum Gasteiger partial charge on any atom is -0.265 e. The highest BCUT2D eigenvalue weighted by molar-refractivity contribution is 8.01. The van der Waals surface area contributed by atoms with Gasteiger partial charge in [0, 0.05) is 23.8 Å². The predicted octanol–water partition coefficient (Wildman–Crippen LogP) is 3.18. The summed E-state index contributed by atoms with van der Waals surface area (Å²) >= 11 is 6.77. The summed E-state index contributed by atoms with van der Waals surface area (Å²) < 4.78 is 0. The molecule has 0 spiro atoms. The number of nitrogens with zero attached hydrogens (tertiary/aromatic N) is 2. The fourth-order valence-corrected chi connectivity index (χ4v) is 2.62. The van der Waals surface area contributed by atoms with Gasteiger partial charge >= 0.3 is 0 Å². The van der Waals surface area contributed by atoms with E-state index in [4.69, 9.17) is 12.2 Å². The van der Waals surface area contributed by atoms with Gasteiger partial charge in [0.2, 0.25) is 0 Å². The molecule has 0 fully saturated rings. The summed E-state index contributed by atoms with van der Waals surface area (Å²) in [6.07, 6.45) is 6.32. The molecule has 1 unspecified atom stereocenters. The Morgan fingerprint density at radius 2 is 2.00 bits per heavy atom. The maximum Gasteiger partial charge on any atom is 0.0965 e. The van der Waals surface area contributed by atoms with Crippen molar-refractivity contribution in [3.8, 4) is 0 Å². The minimum absolute atomic E-state index is 0.266. The number of aromatic nitrogens is 2. The van der Waals surface area contributed by atoms with Crippen LogP contribution in [-0.4, -0.2) is 20.6 Å². The van der Waals surface area contributed by atoms with Crippen LogP contribution in [0.1, 0.15) is 5.56 Å². The first-order valence-electron chi connectivity index (χ1n) is 5.30. The Morgan fingerprint density at radius 3 is 2.65 bits per heavy atom. The Morgan fingerprint density at radius 1 is 1.18 bits per heavy atom. The van der Waals surface area contributed by atoms with Gasteiger partial charge in [-0.2, -0.15) is 0 Å². The highest BCUT2D eigenvalue weighted by atomic mass is 32.2. The third-order valence-corrected chi connectivity index (χ3v) is 3.84. The first kappa shape index (κ1) is 12.2. The van der Waals surface area contributed by atoms with Gasteiger partial charge in [-0.1, -0.05) is 30.0 Å². The zero-order chi connectivity index (χ0) is 11.9. The van der Waals surface area contributed by atoms with Crippen molar-refractivity contribution in [3.05, 3.63) is 54.5 Å². The second-order valence-electron chi connectivity index (χ2n) is 3.52. The van der Waals surface area contributed by atoms with E-state index in [0.29, 0.717) is 0 Å². The molecular weight excluding hydrogens is 248 g/mol. The molecular formula is C13H12N2S2. The van der Waals surface area contributed by atoms with Gasteiger partial charge in [0.05, 0.1) is 5.03 Å². The number of thioether (sulfide) groups is 1. The Labute approximate surface area is 111 Å². The lowest BCUT2D eigenvalue weighted by Gasteiger charge is -2.10. The van der Waals surface area contributed by atoms with Crippen molar-refractivity contribution in [2.24, 2.45) is 0 Å². The number of thiocarbonyl (C=S) groups is 1. The molecule has 2 aromatic heterocycles. The van der Waals surface area contributed by atoms with Gasteiger partial charge in [-0.3, -0.25) is 4.98 Å². The zero-order valence-corrected chi connectivity index (χ0v) is 10.8. The predicted molar refractivity (Wildman–Crippen MR) is 75.5 cm³/mol. The maximum absolute atomic E-state index is 5.08. The van der Waals surface area contributed by atoms with Gasteiger partial charge in [0.15, 0.2) is 0 Å². The van der Waals surface area contributed by atoms with Gasteiger partial charge in [0.25, 0.3) is 0 Å². The molecule has 0 bridgehead atoms. The molecule has 2 rings (SSSR count). The lowest BCUT2D eigenvalue weighted by Crippen LogP contribution is -2.07. The Balaban J connectivity index is 2.01. The van der Waals surface area contributed by atoms with Crippen LogP contribution in [0.2, 0.25) is 0 Å². The first-order chi connectivity index (χ1) is 8.38. The highest BCUT2D eigenvalue weighted by Crippen LogP contribution is 2.22. The molecule has 0 aliphatic carbocycles. The van der Waals surface area contributed by atoms with Gasteiger partial charge < -0.3 is 0 Å². The van der Waals surface area contributed by atoms with Crippen LogP contribution in [0.25, 0.3) is 0 Å². The molecule has 0 radical (unpaired) electrons. The zero-order valence-electron chi connectivity index (χ0n) is 9.19. The van der Waals surface area contributed by atoms with Crippen molar-refractivity contribution in [2.45, 2.75) is 16.7 Å². The summed E-state index contributed by atoms with van der Waals surface area (Å²) in [5.74, 6) is 0. The molecule has 86 valence electrons. The molecule has 0 saturated carbocycles. The van der Waals surface area contributed by atoms with E-state index >= 15 is 0 Å². The summed E-state index contributed by atoms with van der Waals surface area (Å²) in [6, 6.07) is 9.94. The van der Waals surface area contributed by atoms with Crippen molar-refractivity contribution >= 4 is 29.3 Å². The standard InChI is InChI=1S/C13H12N2S2/c16-10-12(9-11-4-7-14-8-5-11)17-13-3-1-2-6-15-13/h1-8,10,12H,9H2. The Kier molecular flexibility index (Phi) is 4.64. The van der Waals surface area contributed by atoms with E-state index in [9.17, 15) is 0 Å². The smallest absolute Gasteiger partial charge is 0.0965 e. The van der Waals surface area contributed by atoms with Gasteiger partial charge in [-0.25, -0.2) is 4.98 Å². The molecule has 17 heavy (non-hydrogen) atoms. The second-order valence-corrected chi connectivity index (χ2v) is 5.05. The van der Waals surface area contributed by atoms with E-state index in [-0.39, 0.29) is 5.25 Å². The van der Waals surface area contributed by atoms with E-state index in [1.54, 1.807) is 35.7 Å². The monoisotopic (exact) mass is 260 g/mol. The third kappa shape index (κ3) is 3.91. The van der Waals surface area contributed by atoms with Gasteiger partial charge in [0.1, 0.15) is 0 Å². The van der Waals surface area contributed by atoms with Crippen LogP contribution in [0.15, 0.2) is 53.9 Å². The van der Waals surface area contributed by atoms with Crippen molar-refractivity contribution < 1.29 is 0 Å². The van der Waals surface area contributed by atoms with Crippen LogP contribution in [0.5, 0.6) is 0 Å². The van der Waals surface area contributed by atoms with Crippen LogP contribution in [0, 0.1) is 0 Å². The molecule has 0 aromatic carbocycles. The Bertz CT molecular complexity index is 418. The Hall–Kier alpha value is -1.26. The van der Waals surface area contributed by atoms with Crippen molar-refractivity contribution in [3.63, 3.8) is 0 Å². The molecule has 0 saturated heterocycles. The van der Waals surface area contributed by atoms with Crippen LogP contribution in [0.4, 0.5) is 0 Å². The lowest BCUT2D eigenvalue weighted by molar-refractivity contribution is 1.05. The van der Waals surface area contributed by atoms with Crippen LogP contribution in [0.3, 0.4) is 0 Å². The SMILES string of the molecule is S=CC(Cc1ccncc1)Sc1ccccn1. The summed E-state index contributed by atoms with van der Waals surface area (Å²) in [6.45, 7) is 0. The molecule has 1 atom stereocenters. The molecule has 2 aromatic rings. The fraction of sp³-hybridized carbons (Fsp3) is 0.154.